The molecule has 0 amide bonds. The van der Waals surface area contributed by atoms with Crippen LogP contribution >= 0.6 is 0 Å². The Morgan fingerprint density at radius 3 is 2.52 bits per heavy atom. The molecule has 3 rings (SSSR count). The van der Waals surface area contributed by atoms with E-state index in [-0.39, 0.29) is 17.4 Å². The van der Waals surface area contributed by atoms with Crippen LogP contribution in [-0.2, 0) is 0 Å². The minimum absolute atomic E-state index is 0.118. The molecule has 0 spiro atoms. The summed E-state index contributed by atoms with van der Waals surface area (Å²) in [6.07, 6.45) is 2.24. The molecule has 2 nitrogen and oxygen atoms in total. The van der Waals surface area contributed by atoms with Gasteiger partial charge >= 0.3 is 0 Å². The predicted molar refractivity (Wildman–Crippen MR) is 85.7 cm³/mol. The largest absolute Gasteiger partial charge is 0.289 e. The predicted octanol–water partition coefficient (Wildman–Crippen LogP) is 3.96. The fourth-order valence-electron chi connectivity index (χ4n) is 2.48. The highest BCUT2D eigenvalue weighted by atomic mass is 19.1. The lowest BCUT2D eigenvalue weighted by Crippen LogP contribution is -2.16. The van der Waals surface area contributed by atoms with Crippen molar-refractivity contribution in [2.45, 2.75) is 12.8 Å². The molecule has 112 valence electrons. The summed E-state index contributed by atoms with van der Waals surface area (Å²) in [6, 6.07) is 12.9. The summed E-state index contributed by atoms with van der Waals surface area (Å²) in [7, 11) is 0. The average Bonchev–Trinajstić information content (AvgIpc) is 2.56. The van der Waals surface area contributed by atoms with Gasteiger partial charge in [-0.3, -0.25) is 9.59 Å². The third kappa shape index (κ3) is 3.27. The van der Waals surface area contributed by atoms with Gasteiger partial charge in [0.15, 0.2) is 11.6 Å². The van der Waals surface area contributed by atoms with Crippen molar-refractivity contribution in [1.82, 2.24) is 0 Å². The first-order valence-corrected chi connectivity index (χ1v) is 7.28. The molecule has 0 unspecified atom stereocenters. The summed E-state index contributed by atoms with van der Waals surface area (Å²) < 4.78 is 13.0. The van der Waals surface area contributed by atoms with E-state index in [1.807, 2.05) is 0 Å². The SMILES string of the molecule is O=C1C=C(CCC#Cc2cccc(F)c2)C(=O)c2ccccc21. The van der Waals surface area contributed by atoms with Gasteiger partial charge in [0, 0.05) is 28.7 Å². The van der Waals surface area contributed by atoms with E-state index >= 15 is 0 Å². The van der Waals surface area contributed by atoms with Crippen LogP contribution in [0.3, 0.4) is 0 Å². The molecule has 3 heteroatoms. The van der Waals surface area contributed by atoms with E-state index in [9.17, 15) is 14.0 Å². The Hall–Kier alpha value is -2.99. The Bertz CT molecular complexity index is 882. The van der Waals surface area contributed by atoms with Gasteiger partial charge in [0.05, 0.1) is 0 Å². The number of hydrogen-bond donors (Lipinski definition) is 0. The third-order valence-electron chi connectivity index (χ3n) is 3.61. The Morgan fingerprint density at radius 2 is 1.74 bits per heavy atom. The fourth-order valence-corrected chi connectivity index (χ4v) is 2.48. The number of carbonyl (C=O) groups excluding carboxylic acids is 2. The normalized spacial score (nSPS) is 13.0. The first kappa shape index (κ1) is 14.9. The summed E-state index contributed by atoms with van der Waals surface area (Å²) >= 11 is 0. The molecule has 0 aliphatic heterocycles. The minimum Gasteiger partial charge on any atom is -0.289 e. The van der Waals surface area contributed by atoms with E-state index in [2.05, 4.69) is 11.8 Å². The monoisotopic (exact) mass is 304 g/mol. The van der Waals surface area contributed by atoms with Crippen LogP contribution in [0.2, 0.25) is 0 Å². The lowest BCUT2D eigenvalue weighted by molar-refractivity contribution is 0.0981. The Morgan fingerprint density at radius 1 is 0.957 bits per heavy atom. The zero-order valence-corrected chi connectivity index (χ0v) is 12.3. The molecule has 0 saturated heterocycles. The van der Waals surface area contributed by atoms with Gasteiger partial charge in [-0.25, -0.2) is 4.39 Å². The standard InChI is InChI=1S/C20H13FO2/c21-16-9-5-7-14(12-16)6-1-2-8-15-13-19(22)17-10-3-4-11-18(17)20(15)23/h3-5,7,9-13H,2,8H2. The highest BCUT2D eigenvalue weighted by Gasteiger charge is 2.24. The van der Waals surface area contributed by atoms with Crippen LogP contribution < -0.4 is 0 Å². The van der Waals surface area contributed by atoms with E-state index in [0.717, 1.165) is 0 Å². The quantitative estimate of drug-likeness (QED) is 0.787. The highest BCUT2D eigenvalue weighted by molar-refractivity contribution is 6.24. The average molecular weight is 304 g/mol. The smallest absolute Gasteiger partial charge is 0.189 e. The second-order valence-electron chi connectivity index (χ2n) is 5.22. The van der Waals surface area contributed by atoms with Gasteiger partial charge in [-0.2, -0.15) is 0 Å². The van der Waals surface area contributed by atoms with Crippen LogP contribution in [0.25, 0.3) is 0 Å². The van der Waals surface area contributed by atoms with Crippen molar-refractivity contribution in [3.63, 3.8) is 0 Å². The molecule has 0 atom stereocenters. The summed E-state index contributed by atoms with van der Waals surface area (Å²) in [5, 5.41) is 0. The molecule has 0 N–H and O–H groups in total. The van der Waals surface area contributed by atoms with Crippen LogP contribution in [0.5, 0.6) is 0 Å². The van der Waals surface area contributed by atoms with Crippen molar-refractivity contribution in [3.05, 3.63) is 82.7 Å². The van der Waals surface area contributed by atoms with Crippen molar-refractivity contribution >= 4 is 11.6 Å². The second kappa shape index (κ2) is 6.41. The lowest BCUT2D eigenvalue weighted by Gasteiger charge is -2.13. The molecule has 0 fully saturated rings. The van der Waals surface area contributed by atoms with Gasteiger partial charge < -0.3 is 0 Å². The number of rotatable bonds is 2. The van der Waals surface area contributed by atoms with Crippen LogP contribution in [-0.4, -0.2) is 11.6 Å². The van der Waals surface area contributed by atoms with Crippen LogP contribution in [0.4, 0.5) is 4.39 Å². The van der Waals surface area contributed by atoms with E-state index in [1.54, 1.807) is 36.4 Å². The number of fused-ring (bicyclic) bond motifs is 1. The van der Waals surface area contributed by atoms with Gasteiger partial charge in [0.2, 0.25) is 0 Å². The zero-order valence-electron chi connectivity index (χ0n) is 12.3. The molecule has 0 radical (unpaired) electrons. The van der Waals surface area contributed by atoms with Crippen LogP contribution in [0, 0.1) is 17.7 Å². The molecule has 2 aromatic rings. The number of allylic oxidation sites excluding steroid dienone is 2. The minimum atomic E-state index is -0.329. The first-order valence-electron chi connectivity index (χ1n) is 7.28. The molecular formula is C20H13FO2. The summed E-state index contributed by atoms with van der Waals surface area (Å²) in [6.45, 7) is 0. The maximum atomic E-state index is 13.0. The van der Waals surface area contributed by atoms with E-state index in [0.29, 0.717) is 35.1 Å². The highest BCUT2D eigenvalue weighted by Crippen LogP contribution is 2.23. The Kier molecular flexibility index (Phi) is 4.16. The third-order valence-corrected chi connectivity index (χ3v) is 3.61. The lowest BCUT2D eigenvalue weighted by atomic mass is 9.88. The van der Waals surface area contributed by atoms with Crippen molar-refractivity contribution < 1.29 is 14.0 Å². The topological polar surface area (TPSA) is 34.1 Å². The fraction of sp³-hybridized carbons (Fsp3) is 0.100. The van der Waals surface area contributed by atoms with Gasteiger partial charge in [-0.15, -0.1) is 0 Å². The van der Waals surface area contributed by atoms with Gasteiger partial charge in [-0.1, -0.05) is 42.2 Å². The van der Waals surface area contributed by atoms with Gasteiger partial charge in [0.1, 0.15) is 5.82 Å². The number of ketones is 2. The number of hydrogen-bond acceptors (Lipinski definition) is 2. The summed E-state index contributed by atoms with van der Waals surface area (Å²) in [5.74, 6) is 5.18. The summed E-state index contributed by atoms with van der Waals surface area (Å²) in [4.78, 5) is 24.4. The maximum absolute atomic E-state index is 13.0. The molecule has 23 heavy (non-hydrogen) atoms. The van der Waals surface area contributed by atoms with Gasteiger partial charge in [-0.05, 0) is 30.7 Å². The molecule has 1 aliphatic rings. The van der Waals surface area contributed by atoms with Crippen molar-refractivity contribution in [2.24, 2.45) is 0 Å². The van der Waals surface area contributed by atoms with Crippen LogP contribution in [0.1, 0.15) is 39.1 Å². The Balaban J connectivity index is 1.70. The molecule has 0 saturated carbocycles. The molecule has 0 aromatic heterocycles. The van der Waals surface area contributed by atoms with E-state index < -0.39 is 0 Å². The van der Waals surface area contributed by atoms with E-state index in [1.165, 1.54) is 18.2 Å². The number of benzene rings is 2. The zero-order chi connectivity index (χ0) is 16.2. The van der Waals surface area contributed by atoms with Crippen molar-refractivity contribution in [1.29, 1.82) is 0 Å². The number of halogens is 1. The van der Waals surface area contributed by atoms with E-state index in [4.69, 9.17) is 0 Å². The Labute approximate surface area is 133 Å². The molecule has 1 aliphatic carbocycles. The first-order chi connectivity index (χ1) is 11.1. The number of Topliss-reactive ketones (excluding diaryl/α,β-unsaturated/α-hetero) is 1. The summed E-state index contributed by atoms with van der Waals surface area (Å²) in [5.41, 5.74) is 1.97. The second-order valence-corrected chi connectivity index (χ2v) is 5.22. The van der Waals surface area contributed by atoms with Gasteiger partial charge in [0.25, 0.3) is 0 Å². The van der Waals surface area contributed by atoms with Crippen molar-refractivity contribution in [2.75, 3.05) is 0 Å². The number of carbonyl (C=O) groups is 2. The molecule has 2 aromatic carbocycles. The molecule has 0 bridgehead atoms. The molecular weight excluding hydrogens is 291 g/mol. The van der Waals surface area contributed by atoms with Crippen molar-refractivity contribution in [3.8, 4) is 11.8 Å². The van der Waals surface area contributed by atoms with Crippen LogP contribution in [0.15, 0.2) is 60.2 Å². The molecule has 0 heterocycles. The maximum Gasteiger partial charge on any atom is 0.189 e.